The van der Waals surface area contributed by atoms with Crippen LogP contribution in [-0.2, 0) is 4.79 Å². The second kappa shape index (κ2) is 25.3. The fourth-order valence-electron chi connectivity index (χ4n) is 5.03. The van der Waals surface area contributed by atoms with E-state index in [1.54, 1.807) is 21.0 Å². The molecule has 1 aliphatic heterocycles. The highest BCUT2D eigenvalue weighted by atomic mass is 16.5. The number of methoxy groups -OCH3 is 1. The summed E-state index contributed by atoms with van der Waals surface area (Å²) in [6, 6.07) is 12.4. The highest BCUT2D eigenvalue weighted by molar-refractivity contribution is 5.95. The number of nitrogens with zero attached hydrogens (tertiary/aromatic N) is 3. The third-order valence-electron chi connectivity index (χ3n) is 8.29. The van der Waals surface area contributed by atoms with Crippen molar-refractivity contribution in [1.29, 1.82) is 0 Å². The Labute approximate surface area is 298 Å². The summed E-state index contributed by atoms with van der Waals surface area (Å²) in [5.41, 5.74) is 6.50. The molecule has 2 heterocycles. The van der Waals surface area contributed by atoms with Gasteiger partial charge in [0.2, 0.25) is 0 Å². The van der Waals surface area contributed by atoms with E-state index in [4.69, 9.17) is 9.84 Å². The molecule has 1 N–H and O–H groups in total. The number of carbonyl (C=O) groups excluding carboxylic acids is 2. The van der Waals surface area contributed by atoms with Crippen LogP contribution < -0.4 is 4.74 Å². The van der Waals surface area contributed by atoms with Crippen molar-refractivity contribution in [3.63, 3.8) is 0 Å². The van der Waals surface area contributed by atoms with Gasteiger partial charge in [-0.1, -0.05) is 84.1 Å². The SMILES string of the molecule is CC(=O)c1ccc(C)cc1C.CCCC.CCCC(CCC)C(C)=O.CCCO.COc1ccc(-c2cnc3n2C=CN(C)C3C)cc1C. The zero-order chi connectivity index (χ0) is 37.5. The summed E-state index contributed by atoms with van der Waals surface area (Å²) < 4.78 is 7.48. The number of rotatable bonds is 10. The summed E-state index contributed by atoms with van der Waals surface area (Å²) in [7, 11) is 3.76. The smallest absolute Gasteiger partial charge is 0.160 e. The first-order chi connectivity index (χ1) is 23.3. The Morgan fingerprint density at radius 2 is 1.45 bits per heavy atom. The molecule has 49 heavy (non-hydrogen) atoms. The van der Waals surface area contributed by atoms with Gasteiger partial charge in [-0.2, -0.15) is 0 Å². The summed E-state index contributed by atoms with van der Waals surface area (Å²) in [6.45, 7) is 22.4. The maximum atomic E-state index is 11.0. The highest BCUT2D eigenvalue weighted by Crippen LogP contribution is 2.31. The van der Waals surface area contributed by atoms with E-state index in [0.29, 0.717) is 18.3 Å². The minimum Gasteiger partial charge on any atom is -0.496 e. The number of fused-ring (bicyclic) bond motifs is 1. The van der Waals surface area contributed by atoms with Crippen molar-refractivity contribution in [1.82, 2.24) is 14.5 Å². The number of aromatic nitrogens is 2. The molecule has 0 fully saturated rings. The zero-order valence-corrected chi connectivity index (χ0v) is 33.0. The van der Waals surface area contributed by atoms with E-state index >= 15 is 0 Å². The summed E-state index contributed by atoms with van der Waals surface area (Å²) in [5, 5.41) is 7.88. The van der Waals surface area contributed by atoms with Crippen LogP contribution in [0, 0.1) is 26.7 Å². The Morgan fingerprint density at radius 1 is 0.857 bits per heavy atom. The van der Waals surface area contributed by atoms with Crippen LogP contribution in [0.2, 0.25) is 0 Å². The minimum absolute atomic E-state index is 0.141. The van der Waals surface area contributed by atoms with Crippen LogP contribution >= 0.6 is 0 Å². The average molecular weight is 678 g/mol. The first-order valence-corrected chi connectivity index (χ1v) is 18.1. The van der Waals surface area contributed by atoms with Crippen molar-refractivity contribution >= 4 is 17.8 Å². The molecule has 0 saturated carbocycles. The fourth-order valence-corrected chi connectivity index (χ4v) is 5.03. The number of aliphatic hydroxyl groups excluding tert-OH is 1. The van der Waals surface area contributed by atoms with Gasteiger partial charge in [0.25, 0.3) is 0 Å². The summed E-state index contributed by atoms with van der Waals surface area (Å²) in [4.78, 5) is 28.6. The second-order valence-electron chi connectivity index (χ2n) is 12.7. The number of benzene rings is 2. The molecule has 4 rings (SSSR count). The van der Waals surface area contributed by atoms with Crippen LogP contribution in [0.4, 0.5) is 0 Å². The quantitative estimate of drug-likeness (QED) is 0.215. The summed E-state index contributed by atoms with van der Waals surface area (Å²) >= 11 is 0. The molecule has 0 spiro atoms. The van der Waals surface area contributed by atoms with Crippen LogP contribution in [0.25, 0.3) is 17.5 Å². The lowest BCUT2D eigenvalue weighted by Crippen LogP contribution is -2.23. The van der Waals surface area contributed by atoms with E-state index in [1.165, 1.54) is 18.4 Å². The van der Waals surface area contributed by atoms with Crippen LogP contribution in [0.3, 0.4) is 0 Å². The molecule has 2 aromatic carbocycles. The predicted molar refractivity (Wildman–Crippen MR) is 208 cm³/mol. The van der Waals surface area contributed by atoms with E-state index < -0.39 is 0 Å². The maximum absolute atomic E-state index is 11.0. The Morgan fingerprint density at radius 3 is 1.88 bits per heavy atom. The maximum Gasteiger partial charge on any atom is 0.160 e. The van der Waals surface area contributed by atoms with Gasteiger partial charge in [0, 0.05) is 43.1 Å². The number of aryl methyl sites for hydroxylation is 3. The van der Waals surface area contributed by atoms with Crippen LogP contribution in [0.1, 0.15) is 139 Å². The van der Waals surface area contributed by atoms with Gasteiger partial charge in [-0.05, 0) is 90.1 Å². The van der Waals surface area contributed by atoms with Crippen molar-refractivity contribution < 1.29 is 19.4 Å². The number of hydrogen-bond acceptors (Lipinski definition) is 6. The molecule has 0 saturated heterocycles. The predicted octanol–water partition coefficient (Wildman–Crippen LogP) is 10.8. The number of imidazole rings is 1. The first kappa shape index (κ1) is 45.3. The van der Waals surface area contributed by atoms with E-state index in [2.05, 4.69) is 87.6 Å². The highest BCUT2D eigenvalue weighted by Gasteiger charge is 2.21. The van der Waals surface area contributed by atoms with Crippen molar-refractivity contribution in [2.24, 2.45) is 5.92 Å². The van der Waals surface area contributed by atoms with Crippen LogP contribution in [-0.4, -0.2) is 51.9 Å². The van der Waals surface area contributed by atoms with Crippen LogP contribution in [0.5, 0.6) is 5.75 Å². The van der Waals surface area contributed by atoms with E-state index in [1.807, 2.05) is 51.2 Å². The van der Waals surface area contributed by atoms with Gasteiger partial charge >= 0.3 is 0 Å². The Bertz CT molecular complexity index is 1390. The molecule has 0 aliphatic carbocycles. The topological polar surface area (TPSA) is 84.7 Å². The Balaban J connectivity index is 0.000000678. The molecule has 1 aliphatic rings. The number of Topliss-reactive ketones (excluding diaryl/α,β-unsaturated/α-hetero) is 2. The third kappa shape index (κ3) is 16.0. The average Bonchev–Trinajstić information content (AvgIpc) is 3.52. The monoisotopic (exact) mass is 678 g/mol. The molecule has 0 radical (unpaired) electrons. The van der Waals surface area contributed by atoms with Gasteiger partial charge in [0.1, 0.15) is 17.4 Å². The lowest BCUT2D eigenvalue weighted by atomic mass is 9.95. The van der Waals surface area contributed by atoms with Crippen molar-refractivity contribution in [2.45, 2.75) is 127 Å². The molecule has 0 bridgehead atoms. The lowest BCUT2D eigenvalue weighted by molar-refractivity contribution is -0.121. The zero-order valence-electron chi connectivity index (χ0n) is 33.0. The van der Waals surface area contributed by atoms with Gasteiger partial charge < -0.3 is 14.7 Å². The summed E-state index contributed by atoms with van der Waals surface area (Å²) in [6.07, 6.45) is 14.0. The van der Waals surface area contributed by atoms with E-state index in [9.17, 15) is 9.59 Å². The lowest BCUT2D eigenvalue weighted by Gasteiger charge is -2.27. The van der Waals surface area contributed by atoms with Crippen molar-refractivity contribution in [3.05, 3.63) is 76.9 Å². The number of ketones is 2. The largest absolute Gasteiger partial charge is 0.496 e. The molecular weight excluding hydrogens is 610 g/mol. The molecule has 7 nitrogen and oxygen atoms in total. The standard InChI is InChI=1S/C16H19N3O.C10H12O.C9H18O.C4H10.C3H8O/c1-11-9-13(5-6-15(11)20-4)14-10-17-16-12(2)18(3)7-8-19(14)16;1-7-4-5-10(9(3)11)8(2)6-7;1-4-6-9(7-5-2)8(3)10;1-3-4-2;1-2-3-4/h5-10,12H,1-4H3;4-6H,1-3H3;9H,4-7H2,1-3H3;3-4H2,1-2H3;4H,2-3H2,1H3. The molecular formula is C42H67N3O4. The van der Waals surface area contributed by atoms with Gasteiger partial charge in [0.15, 0.2) is 5.78 Å². The van der Waals surface area contributed by atoms with Gasteiger partial charge in [-0.25, -0.2) is 4.98 Å². The van der Waals surface area contributed by atoms with Crippen LogP contribution in [0.15, 0.2) is 48.8 Å². The molecule has 1 aromatic heterocycles. The summed E-state index contributed by atoms with van der Waals surface area (Å²) in [5.74, 6) is 2.83. The fraction of sp³-hybridized carbons (Fsp3) is 0.548. The van der Waals surface area contributed by atoms with E-state index in [0.717, 1.165) is 71.6 Å². The number of hydrogen-bond donors (Lipinski definition) is 1. The second-order valence-corrected chi connectivity index (χ2v) is 12.7. The van der Waals surface area contributed by atoms with Crippen molar-refractivity contribution in [2.75, 3.05) is 20.8 Å². The minimum atomic E-state index is 0.141. The third-order valence-corrected chi connectivity index (χ3v) is 8.29. The number of unbranched alkanes of at least 4 members (excludes halogenated alkanes) is 1. The molecule has 0 amide bonds. The van der Waals surface area contributed by atoms with Gasteiger partial charge in [-0.3, -0.25) is 14.2 Å². The Hall–Kier alpha value is -3.71. The number of ether oxygens (including phenoxy) is 1. The van der Waals surface area contributed by atoms with Gasteiger partial charge in [-0.15, -0.1) is 0 Å². The van der Waals surface area contributed by atoms with Crippen molar-refractivity contribution in [3.8, 4) is 17.0 Å². The van der Waals surface area contributed by atoms with Gasteiger partial charge in [0.05, 0.1) is 25.0 Å². The first-order valence-electron chi connectivity index (χ1n) is 18.1. The number of aliphatic hydroxyl groups is 1. The normalized spacial score (nSPS) is 12.6. The Kier molecular flexibility index (Phi) is 23.4. The molecule has 7 heteroatoms. The van der Waals surface area contributed by atoms with E-state index in [-0.39, 0.29) is 11.8 Å². The molecule has 274 valence electrons. The molecule has 1 unspecified atom stereocenters. The number of carbonyl (C=O) groups is 2. The molecule has 3 aromatic rings. The molecule has 1 atom stereocenters.